The lowest BCUT2D eigenvalue weighted by atomic mass is 10.2. The minimum atomic E-state index is -0.992. The van der Waals surface area contributed by atoms with Crippen LogP contribution in [0.25, 0.3) is 0 Å². The van der Waals surface area contributed by atoms with E-state index in [9.17, 15) is 14.4 Å². The van der Waals surface area contributed by atoms with Crippen molar-refractivity contribution in [3.63, 3.8) is 0 Å². The van der Waals surface area contributed by atoms with Crippen molar-refractivity contribution in [2.45, 2.75) is 25.0 Å². The van der Waals surface area contributed by atoms with E-state index in [-0.39, 0.29) is 19.2 Å². The molecular weight excluding hydrogens is 268 g/mol. The van der Waals surface area contributed by atoms with Gasteiger partial charge in [0.1, 0.15) is 6.04 Å². The topological polar surface area (TPSA) is 96.4 Å². The summed E-state index contributed by atoms with van der Waals surface area (Å²) in [5.74, 6) is -1.52. The summed E-state index contributed by atoms with van der Waals surface area (Å²) in [5, 5.41) is 9.10. The molecule has 8 nitrogen and oxygen atoms in total. The predicted molar refractivity (Wildman–Crippen MR) is 66.1 cm³/mol. The van der Waals surface area contributed by atoms with E-state index in [0.717, 1.165) is 0 Å². The zero-order valence-electron chi connectivity index (χ0n) is 11.3. The standard InChI is InChI=1S/C12H18N2O6/c1-19-11(17)9-7-13(5-6-20-9)12(18)14-4-2-3-8(14)10(15)16/h8-9H,2-7H2,1H3,(H,15,16)/t8-,9?/m1/s1. The fraction of sp³-hybridized carbons (Fsp3) is 0.750. The largest absolute Gasteiger partial charge is 0.480 e. The Morgan fingerprint density at radius 2 is 2.05 bits per heavy atom. The maximum absolute atomic E-state index is 12.4. The number of ether oxygens (including phenoxy) is 2. The summed E-state index contributed by atoms with van der Waals surface area (Å²) < 4.78 is 9.84. The predicted octanol–water partition coefficient (Wildman–Crippen LogP) is -0.471. The van der Waals surface area contributed by atoms with Crippen LogP contribution < -0.4 is 0 Å². The van der Waals surface area contributed by atoms with E-state index in [4.69, 9.17) is 9.84 Å². The highest BCUT2D eigenvalue weighted by molar-refractivity contribution is 5.84. The molecule has 8 heteroatoms. The number of hydrogen-bond donors (Lipinski definition) is 1. The lowest BCUT2D eigenvalue weighted by Crippen LogP contribution is -2.54. The van der Waals surface area contributed by atoms with E-state index in [1.165, 1.54) is 16.9 Å². The van der Waals surface area contributed by atoms with Gasteiger partial charge < -0.3 is 24.4 Å². The van der Waals surface area contributed by atoms with Crippen LogP contribution in [0.15, 0.2) is 0 Å². The molecule has 2 atom stereocenters. The Morgan fingerprint density at radius 1 is 1.30 bits per heavy atom. The molecule has 2 rings (SSSR count). The number of nitrogens with zero attached hydrogens (tertiary/aromatic N) is 2. The van der Waals surface area contributed by atoms with Crippen LogP contribution in [-0.4, -0.2) is 78.4 Å². The first kappa shape index (κ1) is 14.6. The molecule has 0 radical (unpaired) electrons. The first-order valence-electron chi connectivity index (χ1n) is 6.52. The smallest absolute Gasteiger partial charge is 0.336 e. The third kappa shape index (κ3) is 2.84. The maximum Gasteiger partial charge on any atom is 0.336 e. The first-order valence-corrected chi connectivity index (χ1v) is 6.52. The summed E-state index contributed by atoms with van der Waals surface area (Å²) >= 11 is 0. The Labute approximate surface area is 116 Å². The number of aliphatic carboxylic acids is 1. The van der Waals surface area contributed by atoms with E-state index in [0.29, 0.717) is 25.9 Å². The number of rotatable bonds is 2. The van der Waals surface area contributed by atoms with Gasteiger partial charge in [-0.15, -0.1) is 0 Å². The van der Waals surface area contributed by atoms with Crippen LogP contribution in [0.1, 0.15) is 12.8 Å². The quantitative estimate of drug-likeness (QED) is 0.689. The van der Waals surface area contributed by atoms with Gasteiger partial charge in [-0.05, 0) is 12.8 Å². The Morgan fingerprint density at radius 3 is 2.70 bits per heavy atom. The molecule has 0 aromatic carbocycles. The van der Waals surface area contributed by atoms with Crippen LogP contribution in [-0.2, 0) is 19.1 Å². The highest BCUT2D eigenvalue weighted by Gasteiger charge is 2.38. The van der Waals surface area contributed by atoms with Gasteiger partial charge in [0.25, 0.3) is 0 Å². The normalized spacial score (nSPS) is 26.4. The second-order valence-corrected chi connectivity index (χ2v) is 4.80. The number of carboxylic acid groups (broad SMARTS) is 1. The summed E-state index contributed by atoms with van der Waals surface area (Å²) in [6, 6.07) is -1.13. The molecule has 2 amide bonds. The number of urea groups is 1. The minimum absolute atomic E-state index is 0.0916. The van der Waals surface area contributed by atoms with Crippen LogP contribution in [0.4, 0.5) is 4.79 Å². The molecule has 1 unspecified atom stereocenters. The number of carbonyl (C=O) groups excluding carboxylic acids is 2. The molecule has 2 saturated heterocycles. The van der Waals surface area contributed by atoms with Gasteiger partial charge in [0, 0.05) is 13.1 Å². The van der Waals surface area contributed by atoms with Crippen molar-refractivity contribution in [3.8, 4) is 0 Å². The fourth-order valence-corrected chi connectivity index (χ4v) is 2.53. The van der Waals surface area contributed by atoms with Crippen molar-refractivity contribution in [3.05, 3.63) is 0 Å². The molecule has 0 bridgehead atoms. The van der Waals surface area contributed by atoms with Crippen molar-refractivity contribution in [1.82, 2.24) is 9.80 Å². The van der Waals surface area contributed by atoms with Crippen molar-refractivity contribution >= 4 is 18.0 Å². The van der Waals surface area contributed by atoms with Crippen molar-refractivity contribution < 1.29 is 29.0 Å². The van der Waals surface area contributed by atoms with E-state index in [1.807, 2.05) is 0 Å². The minimum Gasteiger partial charge on any atom is -0.480 e. The third-order valence-electron chi connectivity index (χ3n) is 3.58. The Hall–Kier alpha value is -1.83. The molecule has 20 heavy (non-hydrogen) atoms. The van der Waals surface area contributed by atoms with Crippen molar-refractivity contribution in [1.29, 1.82) is 0 Å². The number of methoxy groups -OCH3 is 1. The van der Waals surface area contributed by atoms with Crippen LogP contribution in [0.3, 0.4) is 0 Å². The molecule has 0 aromatic rings. The lowest BCUT2D eigenvalue weighted by Gasteiger charge is -2.35. The molecule has 0 spiro atoms. The second-order valence-electron chi connectivity index (χ2n) is 4.80. The first-order chi connectivity index (χ1) is 9.54. The van der Waals surface area contributed by atoms with Gasteiger partial charge in [0.2, 0.25) is 0 Å². The molecule has 112 valence electrons. The number of carboxylic acids is 1. The van der Waals surface area contributed by atoms with Gasteiger partial charge in [0.15, 0.2) is 6.10 Å². The molecular formula is C12H18N2O6. The fourth-order valence-electron chi connectivity index (χ4n) is 2.53. The molecule has 2 fully saturated rings. The summed E-state index contributed by atoms with van der Waals surface area (Å²) in [4.78, 5) is 37.7. The number of hydrogen-bond acceptors (Lipinski definition) is 5. The van der Waals surface area contributed by atoms with E-state index in [2.05, 4.69) is 4.74 Å². The van der Waals surface area contributed by atoms with Crippen LogP contribution in [0, 0.1) is 0 Å². The van der Waals surface area contributed by atoms with Crippen molar-refractivity contribution in [2.75, 3.05) is 33.4 Å². The van der Waals surface area contributed by atoms with Gasteiger partial charge in [-0.25, -0.2) is 14.4 Å². The number of esters is 1. The Bertz CT molecular complexity index is 413. The van der Waals surface area contributed by atoms with Crippen LogP contribution in [0.2, 0.25) is 0 Å². The number of amides is 2. The van der Waals surface area contributed by atoms with E-state index >= 15 is 0 Å². The van der Waals surface area contributed by atoms with E-state index < -0.39 is 24.1 Å². The highest BCUT2D eigenvalue weighted by atomic mass is 16.6. The van der Waals surface area contributed by atoms with Crippen molar-refractivity contribution in [2.24, 2.45) is 0 Å². The van der Waals surface area contributed by atoms with Gasteiger partial charge in [0.05, 0.1) is 20.3 Å². The SMILES string of the molecule is COC(=O)C1CN(C(=O)N2CCC[C@@H]2C(=O)O)CCO1. The Balaban J connectivity index is 2.01. The van der Waals surface area contributed by atoms with Gasteiger partial charge in [-0.2, -0.15) is 0 Å². The molecule has 2 heterocycles. The van der Waals surface area contributed by atoms with Crippen LogP contribution >= 0.6 is 0 Å². The zero-order valence-corrected chi connectivity index (χ0v) is 11.3. The average Bonchev–Trinajstić information content (AvgIpc) is 2.95. The summed E-state index contributed by atoms with van der Waals surface area (Å²) in [6.07, 6.45) is 0.336. The molecule has 0 aromatic heterocycles. The maximum atomic E-state index is 12.4. The molecule has 0 saturated carbocycles. The highest BCUT2D eigenvalue weighted by Crippen LogP contribution is 2.20. The second kappa shape index (κ2) is 6.08. The van der Waals surface area contributed by atoms with E-state index in [1.54, 1.807) is 0 Å². The number of carbonyl (C=O) groups is 3. The average molecular weight is 286 g/mol. The number of morpholine rings is 1. The monoisotopic (exact) mass is 286 g/mol. The molecule has 2 aliphatic rings. The number of likely N-dealkylation sites (tertiary alicyclic amines) is 1. The molecule has 0 aliphatic carbocycles. The summed E-state index contributed by atoms with van der Waals surface area (Å²) in [7, 11) is 1.26. The van der Waals surface area contributed by atoms with Gasteiger partial charge in [-0.3, -0.25) is 0 Å². The zero-order chi connectivity index (χ0) is 14.7. The molecule has 1 N–H and O–H groups in total. The molecule has 2 aliphatic heterocycles. The summed E-state index contributed by atoms with van der Waals surface area (Å²) in [6.45, 7) is 1.09. The summed E-state index contributed by atoms with van der Waals surface area (Å²) in [5.41, 5.74) is 0. The Kier molecular flexibility index (Phi) is 4.43. The van der Waals surface area contributed by atoms with Gasteiger partial charge in [-0.1, -0.05) is 0 Å². The van der Waals surface area contributed by atoms with Crippen LogP contribution in [0.5, 0.6) is 0 Å². The third-order valence-corrected chi connectivity index (χ3v) is 3.58. The lowest BCUT2D eigenvalue weighted by molar-refractivity contribution is -0.158. The van der Waals surface area contributed by atoms with Gasteiger partial charge >= 0.3 is 18.0 Å².